The van der Waals surface area contributed by atoms with E-state index in [-0.39, 0.29) is 34.0 Å². The van der Waals surface area contributed by atoms with Crippen molar-refractivity contribution in [3.05, 3.63) is 58.6 Å². The van der Waals surface area contributed by atoms with Gasteiger partial charge in [-0.15, -0.1) is 15.3 Å². The average Bonchev–Trinajstić information content (AvgIpc) is 3.26. The van der Waals surface area contributed by atoms with Crippen molar-refractivity contribution < 1.29 is 22.6 Å². The second kappa shape index (κ2) is 10.0. The van der Waals surface area contributed by atoms with Gasteiger partial charge in [0.05, 0.1) is 19.2 Å². The van der Waals surface area contributed by atoms with E-state index < -0.39 is 10.0 Å². The third kappa shape index (κ3) is 5.02. The zero-order valence-electron chi connectivity index (χ0n) is 18.0. The fourth-order valence-electron chi connectivity index (χ4n) is 3.10. The lowest BCUT2D eigenvalue weighted by Crippen LogP contribution is -2.28. The van der Waals surface area contributed by atoms with Gasteiger partial charge in [0, 0.05) is 23.2 Å². The molecular formula is C21H19Cl2N5O5S. The van der Waals surface area contributed by atoms with E-state index in [2.05, 4.69) is 20.0 Å². The van der Waals surface area contributed by atoms with Crippen LogP contribution in [0.25, 0.3) is 17.0 Å². The Morgan fingerprint density at radius 3 is 2.53 bits per heavy atom. The smallest absolute Gasteiger partial charge is 0.242 e. The SMILES string of the molecule is COc1ccc(-c2nnc3ccc(OCCNS(=O)(=O)c4cc(Cl)ccc4Cl)nn23)cc1OC. The van der Waals surface area contributed by atoms with Crippen LogP contribution in [0.15, 0.2) is 53.4 Å². The van der Waals surface area contributed by atoms with Crippen molar-refractivity contribution in [1.82, 2.24) is 24.5 Å². The molecule has 0 unspecified atom stereocenters. The zero-order chi connectivity index (χ0) is 24.3. The van der Waals surface area contributed by atoms with Gasteiger partial charge in [-0.2, -0.15) is 4.52 Å². The third-order valence-electron chi connectivity index (χ3n) is 4.71. The fraction of sp³-hybridized carbons (Fsp3) is 0.190. The van der Waals surface area contributed by atoms with Crippen LogP contribution in [0.2, 0.25) is 10.0 Å². The molecule has 0 saturated heterocycles. The number of hydrogen-bond acceptors (Lipinski definition) is 8. The van der Waals surface area contributed by atoms with Gasteiger partial charge in [-0.05, 0) is 42.5 Å². The number of ether oxygens (including phenoxy) is 3. The first kappa shape index (κ1) is 24.0. The molecule has 0 atom stereocenters. The van der Waals surface area contributed by atoms with Crippen LogP contribution in [0.5, 0.6) is 17.4 Å². The maximum atomic E-state index is 12.5. The van der Waals surface area contributed by atoms with Gasteiger partial charge >= 0.3 is 0 Å². The van der Waals surface area contributed by atoms with Crippen molar-refractivity contribution in [2.45, 2.75) is 4.90 Å². The van der Waals surface area contributed by atoms with Gasteiger partial charge in [0.1, 0.15) is 11.5 Å². The minimum Gasteiger partial charge on any atom is -0.493 e. The van der Waals surface area contributed by atoms with Crippen LogP contribution >= 0.6 is 23.2 Å². The number of nitrogens with zero attached hydrogens (tertiary/aromatic N) is 4. The zero-order valence-corrected chi connectivity index (χ0v) is 20.4. The first-order chi connectivity index (χ1) is 16.3. The molecule has 34 heavy (non-hydrogen) atoms. The number of benzene rings is 2. The van der Waals surface area contributed by atoms with Crippen LogP contribution < -0.4 is 18.9 Å². The van der Waals surface area contributed by atoms with E-state index in [0.717, 1.165) is 0 Å². The van der Waals surface area contributed by atoms with E-state index in [1.165, 1.54) is 22.7 Å². The molecule has 10 nitrogen and oxygen atoms in total. The second-order valence-electron chi connectivity index (χ2n) is 6.86. The monoisotopic (exact) mass is 523 g/mol. The molecule has 178 valence electrons. The van der Waals surface area contributed by atoms with Gasteiger partial charge in [0.15, 0.2) is 23.0 Å². The van der Waals surface area contributed by atoms with E-state index >= 15 is 0 Å². The molecule has 0 amide bonds. The highest BCUT2D eigenvalue weighted by Gasteiger charge is 2.18. The molecule has 13 heteroatoms. The van der Waals surface area contributed by atoms with E-state index in [1.54, 1.807) is 38.5 Å². The first-order valence-corrected chi connectivity index (χ1v) is 12.1. The minimum atomic E-state index is -3.86. The fourth-order valence-corrected chi connectivity index (χ4v) is 4.87. The predicted molar refractivity (Wildman–Crippen MR) is 126 cm³/mol. The molecule has 0 aliphatic carbocycles. The van der Waals surface area contributed by atoms with Gasteiger partial charge < -0.3 is 14.2 Å². The largest absolute Gasteiger partial charge is 0.493 e. The second-order valence-corrected chi connectivity index (χ2v) is 9.43. The molecule has 2 heterocycles. The number of aromatic nitrogens is 4. The van der Waals surface area contributed by atoms with Crippen molar-refractivity contribution >= 4 is 38.9 Å². The Balaban J connectivity index is 1.47. The lowest BCUT2D eigenvalue weighted by atomic mass is 10.2. The summed E-state index contributed by atoms with van der Waals surface area (Å²) in [6.45, 7) is -0.000649. The average molecular weight is 524 g/mol. The summed E-state index contributed by atoms with van der Waals surface area (Å²) in [4.78, 5) is -0.106. The van der Waals surface area contributed by atoms with Crippen LogP contribution in [-0.4, -0.2) is 55.6 Å². The van der Waals surface area contributed by atoms with Crippen LogP contribution in [-0.2, 0) is 10.0 Å². The maximum absolute atomic E-state index is 12.5. The molecule has 4 aromatic rings. The number of nitrogens with one attached hydrogen (secondary N) is 1. The van der Waals surface area contributed by atoms with Gasteiger partial charge in [0.25, 0.3) is 0 Å². The van der Waals surface area contributed by atoms with Crippen molar-refractivity contribution in [2.24, 2.45) is 0 Å². The highest BCUT2D eigenvalue weighted by molar-refractivity contribution is 7.89. The van der Waals surface area contributed by atoms with E-state index in [0.29, 0.717) is 28.5 Å². The Labute approximate surface area is 205 Å². The number of hydrogen-bond donors (Lipinski definition) is 1. The Morgan fingerprint density at radius 2 is 1.76 bits per heavy atom. The third-order valence-corrected chi connectivity index (χ3v) is 6.88. The Hall–Kier alpha value is -3.12. The normalized spacial score (nSPS) is 11.5. The van der Waals surface area contributed by atoms with Gasteiger partial charge in [0.2, 0.25) is 15.9 Å². The van der Waals surface area contributed by atoms with Crippen molar-refractivity contribution in [1.29, 1.82) is 0 Å². The number of sulfonamides is 1. The molecule has 0 radical (unpaired) electrons. The molecule has 0 aliphatic rings. The van der Waals surface area contributed by atoms with Gasteiger partial charge in [-0.25, -0.2) is 13.1 Å². The summed E-state index contributed by atoms with van der Waals surface area (Å²) >= 11 is 11.9. The van der Waals surface area contributed by atoms with E-state index in [4.69, 9.17) is 37.4 Å². The first-order valence-electron chi connectivity index (χ1n) is 9.85. The summed E-state index contributed by atoms with van der Waals surface area (Å²) in [7, 11) is -0.764. The van der Waals surface area contributed by atoms with Crippen molar-refractivity contribution in [2.75, 3.05) is 27.4 Å². The Morgan fingerprint density at radius 1 is 0.971 bits per heavy atom. The summed E-state index contributed by atoms with van der Waals surface area (Å²) < 4.78 is 45.2. The summed E-state index contributed by atoms with van der Waals surface area (Å²) in [5, 5.41) is 13.1. The van der Waals surface area contributed by atoms with Crippen molar-refractivity contribution in [3.8, 4) is 28.8 Å². The molecule has 0 aliphatic heterocycles. The highest BCUT2D eigenvalue weighted by Crippen LogP contribution is 2.31. The van der Waals surface area contributed by atoms with Gasteiger partial charge in [-0.3, -0.25) is 0 Å². The molecule has 0 bridgehead atoms. The lowest BCUT2D eigenvalue weighted by molar-refractivity contribution is 0.306. The van der Waals surface area contributed by atoms with Crippen LogP contribution in [0.3, 0.4) is 0 Å². The standard InChI is InChI=1S/C21H19Cl2N5O5S/c1-31-16-6-3-13(11-17(16)32-2)21-26-25-19-7-8-20(27-28(19)21)33-10-9-24-34(29,30)18-12-14(22)4-5-15(18)23/h3-8,11-12,24H,9-10H2,1-2H3. The molecule has 0 fully saturated rings. The minimum absolute atomic E-state index is 0.0176. The molecule has 0 saturated carbocycles. The van der Waals surface area contributed by atoms with Gasteiger partial charge in [-0.1, -0.05) is 23.2 Å². The Kier molecular flexibility index (Phi) is 7.08. The summed E-state index contributed by atoms with van der Waals surface area (Å²) in [5.41, 5.74) is 1.22. The van der Waals surface area contributed by atoms with Crippen LogP contribution in [0.4, 0.5) is 0 Å². The topological polar surface area (TPSA) is 117 Å². The number of fused-ring (bicyclic) bond motifs is 1. The summed E-state index contributed by atoms with van der Waals surface area (Å²) in [6, 6.07) is 12.8. The quantitative estimate of drug-likeness (QED) is 0.331. The molecule has 0 spiro atoms. The highest BCUT2D eigenvalue weighted by atomic mass is 35.5. The lowest BCUT2D eigenvalue weighted by Gasteiger charge is -2.10. The van der Waals surface area contributed by atoms with Crippen LogP contribution in [0, 0.1) is 0 Å². The Bertz CT molecular complexity index is 1450. The predicted octanol–water partition coefficient (Wildman–Crippen LogP) is 3.47. The molecule has 2 aromatic heterocycles. The molecule has 1 N–H and O–H groups in total. The molecular weight excluding hydrogens is 505 g/mol. The molecule has 4 rings (SSSR count). The molecule has 2 aromatic carbocycles. The number of halogens is 2. The van der Waals surface area contributed by atoms with E-state index in [1.807, 2.05) is 6.07 Å². The summed E-state index contributed by atoms with van der Waals surface area (Å²) in [6.07, 6.45) is 0. The maximum Gasteiger partial charge on any atom is 0.242 e. The number of rotatable bonds is 9. The van der Waals surface area contributed by atoms with Crippen LogP contribution in [0.1, 0.15) is 0 Å². The van der Waals surface area contributed by atoms with Crippen molar-refractivity contribution in [3.63, 3.8) is 0 Å². The summed E-state index contributed by atoms with van der Waals surface area (Å²) in [5.74, 6) is 1.85. The number of methoxy groups -OCH3 is 2. The van der Waals surface area contributed by atoms with E-state index in [9.17, 15) is 8.42 Å².